The summed E-state index contributed by atoms with van der Waals surface area (Å²) in [5.74, 6) is -0.457. The number of hydrogen-bond acceptors (Lipinski definition) is 3. The summed E-state index contributed by atoms with van der Waals surface area (Å²) in [6.45, 7) is 4.33. The van der Waals surface area contributed by atoms with Gasteiger partial charge in [0.1, 0.15) is 5.54 Å². The van der Waals surface area contributed by atoms with E-state index in [1.54, 1.807) is 31.2 Å². The normalized spacial score (nSPS) is 14.1. The minimum absolute atomic E-state index is 0.224. The van der Waals surface area contributed by atoms with Gasteiger partial charge in [0.2, 0.25) is 5.91 Å². The van der Waals surface area contributed by atoms with Crippen LogP contribution < -0.4 is 11.1 Å². The van der Waals surface area contributed by atoms with Gasteiger partial charge >= 0.3 is 0 Å². The predicted molar refractivity (Wildman–Crippen MR) is 69.2 cm³/mol. The molecule has 0 saturated heterocycles. The van der Waals surface area contributed by atoms with Gasteiger partial charge in [0.15, 0.2) is 0 Å². The number of nitrogens with two attached hydrogens (primary N) is 1. The maximum absolute atomic E-state index is 11.5. The van der Waals surface area contributed by atoms with Crippen molar-refractivity contribution in [2.75, 3.05) is 18.5 Å². The first-order valence-corrected chi connectivity index (χ1v) is 5.77. The number of ether oxygens (including phenoxy) is 1. The number of carbonyl (C=O) groups is 1. The van der Waals surface area contributed by atoms with Gasteiger partial charge in [-0.3, -0.25) is 4.79 Å². The predicted octanol–water partition coefficient (Wildman–Crippen LogP) is 2.03. The van der Waals surface area contributed by atoms with E-state index in [9.17, 15) is 4.79 Å². The number of halogens is 1. The van der Waals surface area contributed by atoms with E-state index in [0.29, 0.717) is 11.6 Å². The molecule has 0 fully saturated rings. The molecule has 1 aromatic carbocycles. The van der Waals surface area contributed by atoms with Crippen molar-refractivity contribution in [3.63, 3.8) is 0 Å². The largest absolute Gasteiger partial charge is 0.379 e. The lowest BCUT2D eigenvalue weighted by atomic mass is 10.0. The number of anilines is 1. The van der Waals surface area contributed by atoms with Crippen LogP contribution in [0.2, 0.25) is 5.02 Å². The van der Waals surface area contributed by atoms with Crippen molar-refractivity contribution in [1.82, 2.24) is 0 Å². The molecule has 94 valence electrons. The zero-order valence-corrected chi connectivity index (χ0v) is 10.8. The van der Waals surface area contributed by atoms with Crippen molar-refractivity contribution >= 4 is 23.2 Å². The summed E-state index contributed by atoms with van der Waals surface area (Å²) >= 11 is 5.78. The Morgan fingerprint density at radius 1 is 1.47 bits per heavy atom. The van der Waals surface area contributed by atoms with Crippen molar-refractivity contribution in [2.45, 2.75) is 19.4 Å². The Balaban J connectivity index is 2.79. The van der Waals surface area contributed by atoms with Crippen molar-refractivity contribution in [2.24, 2.45) is 5.73 Å². The third-order valence-corrected chi connectivity index (χ3v) is 2.66. The molecule has 3 N–H and O–H groups in total. The number of nitrogens with one attached hydrogen (secondary N) is 1. The molecule has 1 unspecified atom stereocenters. The molecule has 1 rings (SSSR count). The first-order valence-electron chi connectivity index (χ1n) is 5.39. The van der Waals surface area contributed by atoms with Gasteiger partial charge in [-0.15, -0.1) is 0 Å². The summed E-state index contributed by atoms with van der Waals surface area (Å²) in [7, 11) is 0. The van der Waals surface area contributed by atoms with Crippen molar-refractivity contribution in [1.29, 1.82) is 0 Å². The Labute approximate surface area is 106 Å². The number of rotatable bonds is 6. The second-order valence-corrected chi connectivity index (χ2v) is 4.40. The number of hydrogen-bond donors (Lipinski definition) is 2. The molecular formula is C12H17ClN2O2. The summed E-state index contributed by atoms with van der Waals surface area (Å²) in [6.07, 6.45) is 0. The Kier molecular flexibility index (Phi) is 4.78. The van der Waals surface area contributed by atoms with E-state index in [4.69, 9.17) is 22.1 Å². The fraction of sp³-hybridized carbons (Fsp3) is 0.417. The first kappa shape index (κ1) is 13.8. The maximum atomic E-state index is 11.5. The molecule has 0 aliphatic rings. The van der Waals surface area contributed by atoms with Crippen LogP contribution in [0.25, 0.3) is 0 Å². The van der Waals surface area contributed by atoms with Crippen LogP contribution in [0.15, 0.2) is 24.3 Å². The number of amides is 1. The Morgan fingerprint density at radius 3 is 2.53 bits per heavy atom. The minimum Gasteiger partial charge on any atom is -0.379 e. The lowest BCUT2D eigenvalue weighted by molar-refractivity contribution is -0.123. The second-order valence-electron chi connectivity index (χ2n) is 3.97. The highest BCUT2D eigenvalue weighted by molar-refractivity contribution is 6.30. The summed E-state index contributed by atoms with van der Waals surface area (Å²) in [5, 5.41) is 3.70. The Bertz CT molecular complexity index is 381. The quantitative estimate of drug-likeness (QED) is 0.819. The van der Waals surface area contributed by atoms with Crippen molar-refractivity contribution in [3.8, 4) is 0 Å². The van der Waals surface area contributed by atoms with Gasteiger partial charge in [0.25, 0.3) is 0 Å². The maximum Gasteiger partial charge on any atom is 0.245 e. The zero-order chi connectivity index (χ0) is 12.9. The standard InChI is InChI=1S/C12H17ClN2O2/c1-3-17-8-12(2,11(14)16)15-10-6-4-9(13)5-7-10/h4-7,15H,3,8H2,1-2H3,(H2,14,16). The topological polar surface area (TPSA) is 64.3 Å². The molecule has 0 aliphatic heterocycles. The van der Waals surface area contributed by atoms with Gasteiger partial charge in [-0.25, -0.2) is 0 Å². The highest BCUT2D eigenvalue weighted by Crippen LogP contribution is 2.18. The highest BCUT2D eigenvalue weighted by atomic mass is 35.5. The fourth-order valence-electron chi connectivity index (χ4n) is 1.33. The molecule has 4 nitrogen and oxygen atoms in total. The summed E-state index contributed by atoms with van der Waals surface area (Å²) in [6, 6.07) is 7.06. The van der Waals surface area contributed by atoms with Crippen LogP contribution >= 0.6 is 11.6 Å². The van der Waals surface area contributed by atoms with Crippen LogP contribution in [0, 0.1) is 0 Å². The molecule has 1 atom stereocenters. The lowest BCUT2D eigenvalue weighted by Gasteiger charge is -2.28. The van der Waals surface area contributed by atoms with Gasteiger partial charge in [0.05, 0.1) is 6.61 Å². The molecule has 0 aromatic heterocycles. The van der Waals surface area contributed by atoms with Gasteiger partial charge in [-0.1, -0.05) is 11.6 Å². The van der Waals surface area contributed by atoms with Crippen LogP contribution in [-0.2, 0) is 9.53 Å². The average molecular weight is 257 g/mol. The smallest absolute Gasteiger partial charge is 0.245 e. The molecule has 0 spiro atoms. The van der Waals surface area contributed by atoms with E-state index in [-0.39, 0.29) is 6.61 Å². The number of benzene rings is 1. The van der Waals surface area contributed by atoms with Crippen LogP contribution in [0.3, 0.4) is 0 Å². The highest BCUT2D eigenvalue weighted by Gasteiger charge is 2.31. The first-order chi connectivity index (χ1) is 7.98. The molecular weight excluding hydrogens is 240 g/mol. The molecule has 0 aliphatic carbocycles. The summed E-state index contributed by atoms with van der Waals surface area (Å²) < 4.78 is 5.27. The van der Waals surface area contributed by atoms with Gasteiger partial charge in [-0.2, -0.15) is 0 Å². The van der Waals surface area contributed by atoms with E-state index in [1.807, 2.05) is 6.92 Å². The average Bonchev–Trinajstić information content (AvgIpc) is 2.29. The number of primary amides is 1. The monoisotopic (exact) mass is 256 g/mol. The van der Waals surface area contributed by atoms with Crippen LogP contribution in [-0.4, -0.2) is 24.7 Å². The number of carbonyl (C=O) groups excluding carboxylic acids is 1. The summed E-state index contributed by atoms with van der Waals surface area (Å²) in [4.78, 5) is 11.5. The van der Waals surface area contributed by atoms with E-state index in [2.05, 4.69) is 5.32 Å². The van der Waals surface area contributed by atoms with E-state index in [0.717, 1.165) is 5.69 Å². The van der Waals surface area contributed by atoms with Gasteiger partial charge in [0, 0.05) is 17.3 Å². The van der Waals surface area contributed by atoms with Crippen LogP contribution in [0.5, 0.6) is 0 Å². The van der Waals surface area contributed by atoms with Gasteiger partial charge < -0.3 is 15.8 Å². The zero-order valence-electron chi connectivity index (χ0n) is 10.00. The molecule has 17 heavy (non-hydrogen) atoms. The van der Waals surface area contributed by atoms with Crippen LogP contribution in [0.1, 0.15) is 13.8 Å². The van der Waals surface area contributed by atoms with E-state index in [1.165, 1.54) is 0 Å². The Hall–Kier alpha value is -1.26. The molecule has 5 heteroatoms. The van der Waals surface area contributed by atoms with E-state index < -0.39 is 11.4 Å². The van der Waals surface area contributed by atoms with Gasteiger partial charge in [-0.05, 0) is 38.1 Å². The molecule has 1 aromatic rings. The minimum atomic E-state index is -0.927. The molecule has 0 bridgehead atoms. The van der Waals surface area contributed by atoms with Crippen LogP contribution in [0.4, 0.5) is 5.69 Å². The Morgan fingerprint density at radius 2 is 2.06 bits per heavy atom. The lowest BCUT2D eigenvalue weighted by Crippen LogP contribution is -2.51. The summed E-state index contributed by atoms with van der Waals surface area (Å²) in [5.41, 5.74) is 5.23. The third-order valence-electron chi connectivity index (χ3n) is 2.40. The molecule has 0 radical (unpaired) electrons. The fourth-order valence-corrected chi connectivity index (χ4v) is 1.45. The molecule has 0 heterocycles. The third kappa shape index (κ3) is 3.91. The SMILES string of the molecule is CCOCC(C)(Nc1ccc(Cl)cc1)C(N)=O. The molecule has 1 amide bonds. The molecule has 0 saturated carbocycles. The second kappa shape index (κ2) is 5.89. The van der Waals surface area contributed by atoms with Crippen molar-refractivity contribution in [3.05, 3.63) is 29.3 Å². The van der Waals surface area contributed by atoms with Crippen molar-refractivity contribution < 1.29 is 9.53 Å². The van der Waals surface area contributed by atoms with E-state index >= 15 is 0 Å².